The quantitative estimate of drug-likeness (QED) is 0.845. The molecule has 0 aliphatic rings. The standard InChI is InChI=1S/C13H21FN2/c1-13(2,15-3)12(16(4)5)10-6-8-11(14)9-7-10/h6-9,12,15H,1-5H3. The van der Waals surface area contributed by atoms with Crippen molar-refractivity contribution in [1.82, 2.24) is 10.2 Å². The fourth-order valence-corrected chi connectivity index (χ4v) is 2.14. The number of hydrogen-bond donors (Lipinski definition) is 1. The van der Waals surface area contributed by atoms with Crippen LogP contribution in [-0.2, 0) is 0 Å². The van der Waals surface area contributed by atoms with E-state index in [4.69, 9.17) is 0 Å². The monoisotopic (exact) mass is 224 g/mol. The minimum atomic E-state index is -0.191. The molecule has 3 heteroatoms. The molecule has 0 saturated carbocycles. The maximum Gasteiger partial charge on any atom is 0.123 e. The second-order valence-corrected chi connectivity index (χ2v) is 4.89. The molecule has 90 valence electrons. The van der Waals surface area contributed by atoms with Crippen molar-refractivity contribution in [2.24, 2.45) is 0 Å². The molecular formula is C13H21FN2. The Bertz CT molecular complexity index is 330. The van der Waals surface area contributed by atoms with Gasteiger partial charge in [-0.25, -0.2) is 4.39 Å². The van der Waals surface area contributed by atoms with Crippen molar-refractivity contribution in [3.05, 3.63) is 35.6 Å². The summed E-state index contributed by atoms with van der Waals surface area (Å²) in [6.45, 7) is 4.28. The number of nitrogens with one attached hydrogen (secondary N) is 1. The first-order chi connectivity index (χ1) is 7.38. The zero-order valence-electron chi connectivity index (χ0n) is 10.7. The Morgan fingerprint density at radius 3 is 2.06 bits per heavy atom. The zero-order chi connectivity index (χ0) is 12.3. The average Bonchev–Trinajstić information content (AvgIpc) is 2.20. The number of benzene rings is 1. The van der Waals surface area contributed by atoms with E-state index in [-0.39, 0.29) is 17.4 Å². The molecule has 1 atom stereocenters. The van der Waals surface area contributed by atoms with Gasteiger partial charge in [0.2, 0.25) is 0 Å². The second-order valence-electron chi connectivity index (χ2n) is 4.89. The zero-order valence-corrected chi connectivity index (χ0v) is 10.7. The van der Waals surface area contributed by atoms with Gasteiger partial charge in [-0.05, 0) is 52.7 Å². The summed E-state index contributed by atoms with van der Waals surface area (Å²) >= 11 is 0. The van der Waals surface area contributed by atoms with Crippen LogP contribution in [-0.4, -0.2) is 31.6 Å². The van der Waals surface area contributed by atoms with Crippen LogP contribution in [0.5, 0.6) is 0 Å². The van der Waals surface area contributed by atoms with E-state index in [0.29, 0.717) is 0 Å². The van der Waals surface area contributed by atoms with Crippen LogP contribution in [0.3, 0.4) is 0 Å². The van der Waals surface area contributed by atoms with Crippen molar-refractivity contribution in [3.63, 3.8) is 0 Å². The first-order valence-electron chi connectivity index (χ1n) is 5.49. The Balaban J connectivity index is 3.08. The number of nitrogens with zero attached hydrogens (tertiary/aromatic N) is 1. The molecule has 1 aromatic rings. The highest BCUT2D eigenvalue weighted by Gasteiger charge is 2.30. The third-order valence-corrected chi connectivity index (χ3v) is 3.03. The van der Waals surface area contributed by atoms with Crippen LogP contribution in [0.4, 0.5) is 4.39 Å². The molecule has 0 aromatic heterocycles. The van der Waals surface area contributed by atoms with E-state index in [0.717, 1.165) is 5.56 Å². The average molecular weight is 224 g/mol. The first kappa shape index (κ1) is 13.1. The van der Waals surface area contributed by atoms with Crippen molar-refractivity contribution in [2.75, 3.05) is 21.1 Å². The summed E-state index contributed by atoms with van der Waals surface area (Å²) in [7, 11) is 6.01. The van der Waals surface area contributed by atoms with Crippen molar-refractivity contribution in [1.29, 1.82) is 0 Å². The van der Waals surface area contributed by atoms with Crippen LogP contribution in [0.1, 0.15) is 25.5 Å². The summed E-state index contributed by atoms with van der Waals surface area (Å²) < 4.78 is 12.9. The van der Waals surface area contributed by atoms with E-state index >= 15 is 0 Å². The van der Waals surface area contributed by atoms with E-state index in [1.165, 1.54) is 12.1 Å². The summed E-state index contributed by atoms with van der Waals surface area (Å²) in [5.41, 5.74) is 1.05. The molecule has 0 amide bonds. The van der Waals surface area contributed by atoms with E-state index in [1.54, 1.807) is 0 Å². The molecule has 0 spiro atoms. The fourth-order valence-electron chi connectivity index (χ4n) is 2.14. The molecule has 1 aromatic carbocycles. The number of rotatable bonds is 4. The Labute approximate surface area is 97.5 Å². The summed E-state index contributed by atoms with van der Waals surface area (Å²) in [6, 6.07) is 6.92. The molecule has 1 unspecified atom stereocenters. The molecule has 0 radical (unpaired) electrons. The molecule has 0 bridgehead atoms. The van der Waals surface area contributed by atoms with Crippen LogP contribution in [0.25, 0.3) is 0 Å². The Kier molecular flexibility index (Phi) is 4.05. The molecule has 0 heterocycles. The largest absolute Gasteiger partial charge is 0.313 e. The maximum atomic E-state index is 12.9. The van der Waals surface area contributed by atoms with Gasteiger partial charge in [0.25, 0.3) is 0 Å². The summed E-state index contributed by atoms with van der Waals surface area (Å²) in [6.07, 6.45) is 0. The van der Waals surface area contributed by atoms with E-state index in [2.05, 4.69) is 24.1 Å². The summed E-state index contributed by atoms with van der Waals surface area (Å²) in [5, 5.41) is 3.30. The van der Waals surface area contributed by atoms with Crippen LogP contribution < -0.4 is 5.32 Å². The Morgan fingerprint density at radius 1 is 1.19 bits per heavy atom. The predicted octanol–water partition coefficient (Wildman–Crippen LogP) is 2.43. The maximum absolute atomic E-state index is 12.9. The van der Waals surface area contributed by atoms with Gasteiger partial charge in [-0.15, -0.1) is 0 Å². The van der Waals surface area contributed by atoms with Gasteiger partial charge >= 0.3 is 0 Å². The van der Waals surface area contributed by atoms with Crippen LogP contribution >= 0.6 is 0 Å². The molecular weight excluding hydrogens is 203 g/mol. The van der Waals surface area contributed by atoms with Gasteiger partial charge in [-0.2, -0.15) is 0 Å². The van der Waals surface area contributed by atoms with Gasteiger partial charge < -0.3 is 10.2 Å². The molecule has 0 saturated heterocycles. The van der Waals surface area contributed by atoms with Crippen molar-refractivity contribution >= 4 is 0 Å². The Morgan fingerprint density at radius 2 is 1.69 bits per heavy atom. The third kappa shape index (κ3) is 2.80. The van der Waals surface area contributed by atoms with Crippen molar-refractivity contribution in [2.45, 2.75) is 25.4 Å². The van der Waals surface area contributed by atoms with Gasteiger partial charge in [-0.3, -0.25) is 0 Å². The van der Waals surface area contributed by atoms with Crippen molar-refractivity contribution < 1.29 is 4.39 Å². The normalized spacial score (nSPS) is 14.2. The van der Waals surface area contributed by atoms with Gasteiger partial charge in [0.15, 0.2) is 0 Å². The van der Waals surface area contributed by atoms with Crippen LogP contribution in [0.15, 0.2) is 24.3 Å². The van der Waals surface area contributed by atoms with Crippen LogP contribution in [0, 0.1) is 5.82 Å². The fraction of sp³-hybridized carbons (Fsp3) is 0.538. The first-order valence-corrected chi connectivity index (χ1v) is 5.49. The van der Waals surface area contributed by atoms with E-state index in [1.807, 2.05) is 33.3 Å². The highest BCUT2D eigenvalue weighted by atomic mass is 19.1. The highest BCUT2D eigenvalue weighted by Crippen LogP contribution is 2.29. The molecule has 0 fully saturated rings. The third-order valence-electron chi connectivity index (χ3n) is 3.03. The molecule has 0 aliphatic carbocycles. The smallest absolute Gasteiger partial charge is 0.123 e. The highest BCUT2D eigenvalue weighted by molar-refractivity contribution is 5.23. The lowest BCUT2D eigenvalue weighted by molar-refractivity contribution is 0.177. The summed E-state index contributed by atoms with van der Waals surface area (Å²) in [5.74, 6) is -0.191. The second kappa shape index (κ2) is 4.93. The molecule has 0 aliphatic heterocycles. The number of hydrogen-bond acceptors (Lipinski definition) is 2. The minimum absolute atomic E-state index is 0.0681. The summed E-state index contributed by atoms with van der Waals surface area (Å²) in [4.78, 5) is 2.14. The molecule has 1 N–H and O–H groups in total. The lowest BCUT2D eigenvalue weighted by atomic mass is 9.88. The van der Waals surface area contributed by atoms with Crippen molar-refractivity contribution in [3.8, 4) is 0 Å². The lowest BCUT2D eigenvalue weighted by Gasteiger charge is -2.39. The minimum Gasteiger partial charge on any atom is -0.313 e. The van der Waals surface area contributed by atoms with E-state index < -0.39 is 0 Å². The number of halogens is 1. The topological polar surface area (TPSA) is 15.3 Å². The SMILES string of the molecule is CNC(C)(C)C(c1ccc(F)cc1)N(C)C. The predicted molar refractivity (Wildman–Crippen MR) is 66.0 cm³/mol. The van der Waals surface area contributed by atoms with Gasteiger partial charge in [0.05, 0.1) is 6.04 Å². The van der Waals surface area contributed by atoms with Crippen LogP contribution in [0.2, 0.25) is 0 Å². The number of likely N-dealkylation sites (N-methyl/N-ethyl adjacent to an activating group) is 2. The molecule has 1 rings (SSSR count). The molecule has 16 heavy (non-hydrogen) atoms. The Hall–Kier alpha value is -0.930. The lowest BCUT2D eigenvalue weighted by Crippen LogP contribution is -2.48. The van der Waals surface area contributed by atoms with Gasteiger partial charge in [0, 0.05) is 5.54 Å². The van der Waals surface area contributed by atoms with Gasteiger partial charge in [0.1, 0.15) is 5.82 Å². The van der Waals surface area contributed by atoms with Gasteiger partial charge in [-0.1, -0.05) is 12.1 Å². The van der Waals surface area contributed by atoms with E-state index in [9.17, 15) is 4.39 Å². The molecule has 2 nitrogen and oxygen atoms in total.